The Morgan fingerprint density at radius 3 is 2.43 bits per heavy atom. The minimum atomic E-state index is -0.109. The van der Waals surface area contributed by atoms with Gasteiger partial charge in [-0.3, -0.25) is 9.59 Å². The largest absolute Gasteiger partial charge is 0.351 e. The van der Waals surface area contributed by atoms with E-state index in [1.807, 2.05) is 12.1 Å². The van der Waals surface area contributed by atoms with Crippen molar-refractivity contribution in [3.63, 3.8) is 0 Å². The van der Waals surface area contributed by atoms with Crippen LogP contribution in [0.2, 0.25) is 5.02 Å². The van der Waals surface area contributed by atoms with Gasteiger partial charge in [-0.1, -0.05) is 38.3 Å². The molecule has 4 nitrogen and oxygen atoms in total. The summed E-state index contributed by atoms with van der Waals surface area (Å²) in [6, 6.07) is 7.10. The molecule has 1 aliphatic rings. The molecular formula is C18H25ClN2O2. The Balaban J connectivity index is 1.96. The summed E-state index contributed by atoms with van der Waals surface area (Å²) in [5, 5.41) is 3.71. The van der Waals surface area contributed by atoms with E-state index in [1.54, 1.807) is 17.0 Å². The van der Waals surface area contributed by atoms with Crippen LogP contribution in [0.15, 0.2) is 24.3 Å². The first-order chi connectivity index (χ1) is 11.0. The van der Waals surface area contributed by atoms with Crippen LogP contribution in [0.5, 0.6) is 0 Å². The lowest BCUT2D eigenvalue weighted by atomic mass is 9.97. The third-order valence-corrected chi connectivity index (χ3v) is 4.51. The van der Waals surface area contributed by atoms with Gasteiger partial charge in [-0.05, 0) is 37.1 Å². The Hall–Kier alpha value is -1.55. The van der Waals surface area contributed by atoms with E-state index in [0.717, 1.165) is 31.4 Å². The molecule has 0 unspecified atom stereocenters. The van der Waals surface area contributed by atoms with Gasteiger partial charge in [-0.25, -0.2) is 0 Å². The maximum atomic E-state index is 12.4. The maximum absolute atomic E-state index is 12.4. The first-order valence-electron chi connectivity index (χ1n) is 8.41. The number of hydrogen-bond acceptors (Lipinski definition) is 2. The third kappa shape index (κ3) is 4.71. The van der Waals surface area contributed by atoms with Crippen LogP contribution in [0.25, 0.3) is 0 Å². The molecule has 1 N–H and O–H groups in total. The predicted molar refractivity (Wildman–Crippen MR) is 93.7 cm³/mol. The van der Waals surface area contributed by atoms with Crippen molar-refractivity contribution >= 4 is 29.1 Å². The first kappa shape index (κ1) is 17.8. The normalized spacial score (nSPS) is 17.8. The van der Waals surface area contributed by atoms with Gasteiger partial charge in [0.15, 0.2) is 0 Å². The van der Waals surface area contributed by atoms with E-state index in [1.165, 1.54) is 0 Å². The lowest BCUT2D eigenvalue weighted by molar-refractivity contribution is -0.126. The highest BCUT2D eigenvalue weighted by Gasteiger charge is 2.32. The van der Waals surface area contributed by atoms with Gasteiger partial charge in [-0.2, -0.15) is 0 Å². The van der Waals surface area contributed by atoms with Crippen molar-refractivity contribution in [1.29, 1.82) is 0 Å². The summed E-state index contributed by atoms with van der Waals surface area (Å²) in [6.07, 6.45) is 4.17. The average Bonchev–Trinajstić information content (AvgIpc) is 2.88. The summed E-state index contributed by atoms with van der Waals surface area (Å²) in [5.74, 6) is 0.189. The van der Waals surface area contributed by atoms with Crippen molar-refractivity contribution in [2.24, 2.45) is 5.92 Å². The van der Waals surface area contributed by atoms with Crippen LogP contribution in [0.3, 0.4) is 0 Å². The number of nitrogens with zero attached hydrogens (tertiary/aromatic N) is 1. The van der Waals surface area contributed by atoms with E-state index in [2.05, 4.69) is 19.2 Å². The molecule has 23 heavy (non-hydrogen) atoms. The fraction of sp³-hybridized carbons (Fsp3) is 0.556. The Labute approximate surface area is 143 Å². The molecule has 1 aromatic rings. The summed E-state index contributed by atoms with van der Waals surface area (Å²) in [7, 11) is 0. The zero-order valence-corrected chi connectivity index (χ0v) is 14.6. The van der Waals surface area contributed by atoms with Crippen molar-refractivity contribution < 1.29 is 9.59 Å². The zero-order valence-electron chi connectivity index (χ0n) is 13.8. The lowest BCUT2D eigenvalue weighted by Gasteiger charge is -2.20. The molecule has 0 radical (unpaired) electrons. The maximum Gasteiger partial charge on any atom is 0.229 e. The van der Waals surface area contributed by atoms with E-state index in [4.69, 9.17) is 11.6 Å². The van der Waals surface area contributed by atoms with E-state index >= 15 is 0 Å². The monoisotopic (exact) mass is 336 g/mol. The van der Waals surface area contributed by atoms with Crippen molar-refractivity contribution in [3.05, 3.63) is 29.3 Å². The van der Waals surface area contributed by atoms with Crippen molar-refractivity contribution in [1.82, 2.24) is 5.32 Å². The number of carbonyl (C=O) groups is 2. The lowest BCUT2D eigenvalue weighted by Crippen LogP contribution is -2.40. The smallest absolute Gasteiger partial charge is 0.229 e. The molecular weight excluding hydrogens is 312 g/mol. The number of nitrogens with one attached hydrogen (secondary N) is 1. The molecule has 1 aromatic carbocycles. The first-order valence-corrected chi connectivity index (χ1v) is 8.79. The van der Waals surface area contributed by atoms with E-state index in [0.29, 0.717) is 18.0 Å². The van der Waals surface area contributed by atoms with Gasteiger partial charge < -0.3 is 10.2 Å². The molecule has 1 saturated heterocycles. The van der Waals surface area contributed by atoms with Crippen LogP contribution in [0, 0.1) is 5.92 Å². The number of halogens is 1. The topological polar surface area (TPSA) is 49.4 Å². The molecule has 1 fully saturated rings. The predicted octanol–water partition coefficient (Wildman–Crippen LogP) is 3.78. The minimum Gasteiger partial charge on any atom is -0.351 e. The molecule has 1 aliphatic heterocycles. The molecule has 0 aliphatic carbocycles. The molecule has 126 valence electrons. The van der Waals surface area contributed by atoms with Crippen LogP contribution in [0.1, 0.15) is 46.0 Å². The van der Waals surface area contributed by atoms with Crippen LogP contribution in [0.4, 0.5) is 5.69 Å². The van der Waals surface area contributed by atoms with Crippen molar-refractivity contribution in [2.45, 2.75) is 52.0 Å². The standard InChI is InChI=1S/C18H25ClN2O2/c1-3-5-13(6-4-2)18(23)20-15-11-17(22)21(12-15)16-9-7-14(19)8-10-16/h7-10,13,15H,3-6,11-12H2,1-2H3,(H,20,23)/t15-/m0/s1. The minimum absolute atomic E-state index is 0.0418. The highest BCUT2D eigenvalue weighted by Crippen LogP contribution is 2.24. The summed E-state index contributed by atoms with van der Waals surface area (Å²) in [6.45, 7) is 4.71. The van der Waals surface area contributed by atoms with Gasteiger partial charge in [0.2, 0.25) is 11.8 Å². The molecule has 1 heterocycles. The van der Waals surface area contributed by atoms with Crippen molar-refractivity contribution in [3.8, 4) is 0 Å². The highest BCUT2D eigenvalue weighted by molar-refractivity contribution is 6.30. The molecule has 2 rings (SSSR count). The quantitative estimate of drug-likeness (QED) is 0.823. The molecule has 5 heteroatoms. The summed E-state index contributed by atoms with van der Waals surface area (Å²) >= 11 is 5.89. The summed E-state index contributed by atoms with van der Waals surface area (Å²) in [5.41, 5.74) is 0.829. The fourth-order valence-electron chi connectivity index (χ4n) is 3.10. The Kier molecular flexibility index (Phi) is 6.46. The van der Waals surface area contributed by atoms with Crippen molar-refractivity contribution in [2.75, 3.05) is 11.4 Å². The summed E-state index contributed by atoms with van der Waals surface area (Å²) < 4.78 is 0. The highest BCUT2D eigenvalue weighted by atomic mass is 35.5. The van der Waals surface area contributed by atoms with E-state index in [-0.39, 0.29) is 23.8 Å². The van der Waals surface area contributed by atoms with Crippen LogP contribution < -0.4 is 10.2 Å². The van der Waals surface area contributed by atoms with Gasteiger partial charge in [0.25, 0.3) is 0 Å². The fourth-order valence-corrected chi connectivity index (χ4v) is 3.22. The second-order valence-corrected chi connectivity index (χ2v) is 6.60. The Morgan fingerprint density at radius 2 is 1.87 bits per heavy atom. The third-order valence-electron chi connectivity index (χ3n) is 4.25. The molecule has 0 aromatic heterocycles. The van der Waals surface area contributed by atoms with Gasteiger partial charge in [0.05, 0.1) is 6.04 Å². The molecule has 0 bridgehead atoms. The van der Waals surface area contributed by atoms with E-state index in [9.17, 15) is 9.59 Å². The number of rotatable bonds is 7. The summed E-state index contributed by atoms with van der Waals surface area (Å²) in [4.78, 5) is 26.3. The number of anilines is 1. The number of hydrogen-bond donors (Lipinski definition) is 1. The van der Waals surface area contributed by atoms with Gasteiger partial charge in [0.1, 0.15) is 0 Å². The van der Waals surface area contributed by atoms with Crippen LogP contribution >= 0.6 is 11.6 Å². The Morgan fingerprint density at radius 1 is 1.26 bits per heavy atom. The van der Waals surface area contributed by atoms with E-state index < -0.39 is 0 Å². The van der Waals surface area contributed by atoms with Gasteiger partial charge in [0, 0.05) is 29.6 Å². The molecule has 0 saturated carbocycles. The number of carbonyl (C=O) groups excluding carboxylic acids is 2. The SMILES string of the molecule is CCCC(CCC)C(=O)N[C@H]1CC(=O)N(c2ccc(Cl)cc2)C1. The van der Waals surface area contributed by atoms with Crippen LogP contribution in [-0.4, -0.2) is 24.4 Å². The second-order valence-electron chi connectivity index (χ2n) is 6.16. The second kappa shape index (κ2) is 8.34. The molecule has 1 atom stereocenters. The molecule has 0 spiro atoms. The average molecular weight is 337 g/mol. The zero-order chi connectivity index (χ0) is 16.8. The molecule has 2 amide bonds. The number of amides is 2. The van der Waals surface area contributed by atoms with Gasteiger partial charge >= 0.3 is 0 Å². The van der Waals surface area contributed by atoms with Gasteiger partial charge in [-0.15, -0.1) is 0 Å². The number of benzene rings is 1. The Bertz CT molecular complexity index is 538. The van der Waals surface area contributed by atoms with Crippen LogP contribution in [-0.2, 0) is 9.59 Å².